The minimum Gasteiger partial charge on any atom is -0.489 e. The van der Waals surface area contributed by atoms with Crippen LogP contribution in [-0.4, -0.2) is 103 Å². The number of anilines is 1. The molecule has 2 aromatic rings. The first-order valence-corrected chi connectivity index (χ1v) is 21.8. The van der Waals surface area contributed by atoms with Gasteiger partial charge >= 0.3 is 6.09 Å². The predicted octanol–water partition coefficient (Wildman–Crippen LogP) is 4.19. The molecule has 4 amide bonds. The Bertz CT molecular complexity index is 2050. The zero-order valence-corrected chi connectivity index (χ0v) is 34.5. The summed E-state index contributed by atoms with van der Waals surface area (Å²) in [7, 11) is -1.90. The van der Waals surface area contributed by atoms with Gasteiger partial charge in [0.2, 0.25) is 27.7 Å². The van der Waals surface area contributed by atoms with Gasteiger partial charge < -0.3 is 34.6 Å². The highest BCUT2D eigenvalue weighted by Gasteiger charge is 2.62. The van der Waals surface area contributed by atoms with E-state index >= 15 is 0 Å². The number of amides is 4. The molecule has 57 heavy (non-hydrogen) atoms. The fraction of sp³-hybridized carbons (Fsp3) is 0.634. The van der Waals surface area contributed by atoms with Gasteiger partial charge in [0.15, 0.2) is 5.75 Å². The number of benzene rings is 1. The number of rotatable bonds is 7. The first kappa shape index (κ1) is 40.6. The Labute approximate surface area is 334 Å². The summed E-state index contributed by atoms with van der Waals surface area (Å²) >= 11 is 0. The van der Waals surface area contributed by atoms with Crippen molar-refractivity contribution in [1.82, 2.24) is 25.2 Å². The molecule has 0 bridgehead atoms. The molecule has 2 saturated carbocycles. The quantitative estimate of drug-likeness (QED) is 0.341. The van der Waals surface area contributed by atoms with E-state index in [4.69, 9.17) is 14.2 Å². The van der Waals surface area contributed by atoms with Gasteiger partial charge in [0.05, 0.1) is 24.0 Å². The number of nitrogens with zero attached hydrogens (tertiary/aromatic N) is 3. The van der Waals surface area contributed by atoms with Crippen LogP contribution in [0.5, 0.6) is 11.6 Å². The smallest absolute Gasteiger partial charge is 0.408 e. The average molecular weight is 809 g/mol. The van der Waals surface area contributed by atoms with Gasteiger partial charge in [-0.3, -0.25) is 19.1 Å². The van der Waals surface area contributed by atoms with Crippen LogP contribution in [0.25, 0.3) is 10.8 Å². The molecule has 16 heteroatoms. The summed E-state index contributed by atoms with van der Waals surface area (Å²) in [6.45, 7) is 10.6. The number of likely N-dealkylation sites (N-methyl/N-ethyl adjacent to an activating group) is 1. The summed E-state index contributed by atoms with van der Waals surface area (Å²) in [4.78, 5) is 64.9. The molecule has 2 aliphatic carbocycles. The van der Waals surface area contributed by atoms with E-state index in [-0.39, 0.29) is 31.2 Å². The van der Waals surface area contributed by atoms with Gasteiger partial charge in [-0.05, 0) is 89.3 Å². The van der Waals surface area contributed by atoms with Crippen molar-refractivity contribution < 1.29 is 41.8 Å². The van der Waals surface area contributed by atoms with Gasteiger partial charge in [-0.15, -0.1) is 0 Å². The molecule has 1 aromatic carbocycles. The number of hydrogen-bond acceptors (Lipinski definition) is 11. The number of sulfonamides is 1. The Balaban J connectivity index is 1.24. The van der Waals surface area contributed by atoms with Crippen molar-refractivity contribution in [2.75, 3.05) is 31.6 Å². The number of fused-ring (bicyclic) bond motifs is 5. The van der Waals surface area contributed by atoms with Gasteiger partial charge in [0.25, 0.3) is 5.91 Å². The lowest BCUT2D eigenvalue weighted by atomic mass is 9.85. The van der Waals surface area contributed by atoms with Crippen molar-refractivity contribution in [2.24, 2.45) is 17.8 Å². The average Bonchev–Trinajstić information content (AvgIpc) is 4.07. The molecular weight excluding hydrogens is 753 g/mol. The lowest BCUT2D eigenvalue weighted by Crippen LogP contribution is -2.59. The van der Waals surface area contributed by atoms with Crippen molar-refractivity contribution in [3.8, 4) is 11.6 Å². The minimum absolute atomic E-state index is 0.0176. The highest BCUT2D eigenvalue weighted by Crippen LogP contribution is 2.46. The summed E-state index contributed by atoms with van der Waals surface area (Å²) < 4.78 is 46.4. The highest BCUT2D eigenvalue weighted by molar-refractivity contribution is 7.91. The SMILES string of the molecule is CC[C@@H]1C[C@H](C)CC/C=C\C2C[C@@]2(C(=O)NS(=O)(=O)C2CC2)NC(=O)[C@@H]2C[C@@H](Oc3nccc4c5c(ccc34)N(C)CCO5)CN2C(=O)[C@H]1NC(=O)OC(C)(C)C. The molecule has 15 nitrogen and oxygen atoms in total. The van der Waals surface area contributed by atoms with E-state index < -0.39 is 74.3 Å². The number of pyridine rings is 1. The molecule has 4 heterocycles. The van der Waals surface area contributed by atoms with Crippen LogP contribution < -0.4 is 29.7 Å². The van der Waals surface area contributed by atoms with E-state index in [1.54, 1.807) is 27.0 Å². The van der Waals surface area contributed by atoms with Crippen molar-refractivity contribution in [3.05, 3.63) is 36.5 Å². The maximum atomic E-state index is 15.0. The summed E-state index contributed by atoms with van der Waals surface area (Å²) in [5, 5.41) is 6.68. The van der Waals surface area contributed by atoms with Crippen molar-refractivity contribution in [3.63, 3.8) is 0 Å². The zero-order chi connectivity index (χ0) is 40.9. The molecule has 1 saturated heterocycles. The van der Waals surface area contributed by atoms with E-state index in [9.17, 15) is 27.6 Å². The van der Waals surface area contributed by atoms with Gasteiger partial charge in [-0.25, -0.2) is 18.2 Å². The standard InChI is InChI=1S/C41H56N6O9S/c1-7-25-20-24(2)10-8-9-11-26-22-41(26,38(50)45-57(52,53)28-12-13-28)44-35(48)32-21-27(23-47(32)37(49)33(25)43-39(51)56-40(3,4)5)55-36-30-14-15-31-34(29(30)16-17-42-36)54-19-18-46(31)6/h9,11,14-17,24-28,32-33H,7-8,10,12-13,18-23H2,1-6H3,(H,43,51)(H,44,48)(H,45,50)/b11-9-/t24-,25-,26?,27-,32+,33+,41-/m1/s1. The number of nitrogens with one attached hydrogen (secondary N) is 3. The van der Waals surface area contributed by atoms with Crippen LogP contribution >= 0.6 is 0 Å². The molecule has 3 aliphatic heterocycles. The summed E-state index contributed by atoms with van der Waals surface area (Å²) in [5.74, 6) is -1.42. The second-order valence-corrected chi connectivity index (χ2v) is 19.4. The van der Waals surface area contributed by atoms with E-state index in [0.29, 0.717) is 50.0 Å². The summed E-state index contributed by atoms with van der Waals surface area (Å²) in [6.07, 6.45) is 7.88. The Kier molecular flexibility index (Phi) is 11.1. The van der Waals surface area contributed by atoms with E-state index in [1.165, 1.54) is 4.90 Å². The van der Waals surface area contributed by atoms with Gasteiger partial charge in [-0.1, -0.05) is 32.4 Å². The number of hydrogen-bond donors (Lipinski definition) is 3. The van der Waals surface area contributed by atoms with Crippen LogP contribution in [0.2, 0.25) is 0 Å². The second kappa shape index (κ2) is 15.6. The van der Waals surface area contributed by atoms with Crippen molar-refractivity contribution in [1.29, 1.82) is 0 Å². The molecule has 0 radical (unpaired) electrons. The van der Waals surface area contributed by atoms with Crippen molar-refractivity contribution >= 4 is 50.3 Å². The lowest BCUT2D eigenvalue weighted by Gasteiger charge is -2.34. The normalized spacial score (nSPS) is 30.0. The maximum absolute atomic E-state index is 15.0. The summed E-state index contributed by atoms with van der Waals surface area (Å²) in [5.41, 5.74) is -1.39. The number of carbonyl (C=O) groups is 4. The van der Waals surface area contributed by atoms with Gasteiger partial charge in [-0.2, -0.15) is 0 Å². The van der Waals surface area contributed by atoms with E-state index in [2.05, 4.69) is 32.2 Å². The number of ether oxygens (including phenoxy) is 3. The first-order chi connectivity index (χ1) is 27.0. The van der Waals surface area contributed by atoms with Crippen LogP contribution in [0, 0.1) is 17.8 Å². The monoisotopic (exact) mass is 808 g/mol. The van der Waals surface area contributed by atoms with Crippen LogP contribution in [0.3, 0.4) is 0 Å². The third-order valence-corrected chi connectivity index (χ3v) is 13.7. The topological polar surface area (TPSA) is 186 Å². The van der Waals surface area contributed by atoms with Crippen LogP contribution in [0.4, 0.5) is 10.5 Å². The Morgan fingerprint density at radius 2 is 1.88 bits per heavy atom. The number of carbonyl (C=O) groups excluding carboxylic acids is 4. The highest BCUT2D eigenvalue weighted by atomic mass is 32.2. The zero-order valence-electron chi connectivity index (χ0n) is 33.7. The second-order valence-electron chi connectivity index (χ2n) is 17.5. The predicted molar refractivity (Wildman–Crippen MR) is 213 cm³/mol. The molecule has 0 spiro atoms. The Morgan fingerprint density at radius 3 is 2.60 bits per heavy atom. The lowest BCUT2D eigenvalue weighted by molar-refractivity contribution is -0.142. The third kappa shape index (κ3) is 8.65. The molecule has 1 aromatic heterocycles. The van der Waals surface area contributed by atoms with Gasteiger partial charge in [0.1, 0.15) is 35.9 Å². The van der Waals surface area contributed by atoms with E-state index in [1.807, 2.05) is 44.3 Å². The van der Waals surface area contributed by atoms with E-state index in [0.717, 1.165) is 29.8 Å². The Morgan fingerprint density at radius 1 is 1.11 bits per heavy atom. The molecular formula is C41H56N6O9S. The molecule has 3 fully saturated rings. The summed E-state index contributed by atoms with van der Waals surface area (Å²) in [6, 6.07) is 3.57. The molecule has 3 N–H and O–H groups in total. The number of aromatic nitrogens is 1. The minimum atomic E-state index is -3.91. The fourth-order valence-electron chi connectivity index (χ4n) is 8.45. The van der Waals surface area contributed by atoms with Crippen LogP contribution in [0.15, 0.2) is 36.5 Å². The Hall–Kier alpha value is -4.60. The molecule has 1 unspecified atom stereocenters. The first-order valence-electron chi connectivity index (χ1n) is 20.3. The van der Waals surface area contributed by atoms with Crippen LogP contribution in [-0.2, 0) is 29.1 Å². The molecule has 7 rings (SSSR count). The largest absolute Gasteiger partial charge is 0.489 e. The number of alkyl carbamates (subject to hydrolysis) is 1. The van der Waals surface area contributed by atoms with Crippen molar-refractivity contribution in [2.45, 2.75) is 121 Å². The third-order valence-electron chi connectivity index (χ3n) is 11.8. The molecule has 5 aliphatic rings. The fourth-order valence-corrected chi connectivity index (χ4v) is 9.81. The van der Waals surface area contributed by atoms with Crippen LogP contribution in [0.1, 0.15) is 86.0 Å². The number of allylic oxidation sites excluding steroid dienone is 1. The molecule has 310 valence electrons. The molecule has 7 atom stereocenters. The van der Waals surface area contributed by atoms with Gasteiger partial charge in [0, 0.05) is 36.4 Å². The maximum Gasteiger partial charge on any atom is 0.408 e.